The second-order valence-corrected chi connectivity index (χ2v) is 7.40. The van der Waals surface area contributed by atoms with Crippen molar-refractivity contribution in [3.63, 3.8) is 0 Å². The minimum atomic E-state index is -0.108. The van der Waals surface area contributed by atoms with E-state index in [1.807, 2.05) is 55.5 Å². The molecule has 1 aliphatic rings. The summed E-state index contributed by atoms with van der Waals surface area (Å²) >= 11 is 0. The van der Waals surface area contributed by atoms with E-state index < -0.39 is 0 Å². The Labute approximate surface area is 173 Å². The Morgan fingerprint density at radius 1 is 0.967 bits per heavy atom. The minimum absolute atomic E-state index is 0.108. The number of benzene rings is 2. The number of fused-ring (bicyclic) bond motifs is 2. The number of nitriles is 1. The average molecular weight is 391 g/mol. The molecule has 0 unspecified atom stereocenters. The zero-order valence-corrected chi connectivity index (χ0v) is 16.5. The van der Waals surface area contributed by atoms with Gasteiger partial charge in [0.15, 0.2) is 16.9 Å². The number of furan rings is 2. The summed E-state index contributed by atoms with van der Waals surface area (Å²) in [6, 6.07) is 21.2. The number of rotatable bonds is 2. The Hall–Kier alpha value is -4.10. The fourth-order valence-corrected chi connectivity index (χ4v) is 3.83. The molecule has 1 aliphatic carbocycles. The van der Waals surface area contributed by atoms with Gasteiger partial charge in [-0.05, 0) is 25.5 Å². The van der Waals surface area contributed by atoms with Gasteiger partial charge in [-0.25, -0.2) is 0 Å². The molecule has 0 amide bonds. The monoisotopic (exact) mass is 391 g/mol. The lowest BCUT2D eigenvalue weighted by molar-refractivity contribution is 0.104. The minimum Gasteiger partial charge on any atom is -0.453 e. The first kappa shape index (κ1) is 18.0. The Morgan fingerprint density at radius 3 is 2.37 bits per heavy atom. The van der Waals surface area contributed by atoms with Gasteiger partial charge < -0.3 is 8.83 Å². The molecular weight excluding hydrogens is 374 g/mol. The third kappa shape index (κ3) is 2.80. The van der Waals surface area contributed by atoms with E-state index in [9.17, 15) is 10.1 Å². The number of hydrogen-bond acceptors (Lipinski definition) is 4. The lowest BCUT2D eigenvalue weighted by atomic mass is 9.99. The lowest BCUT2D eigenvalue weighted by Crippen LogP contribution is -1.95. The van der Waals surface area contributed by atoms with Crippen molar-refractivity contribution < 1.29 is 13.6 Å². The summed E-state index contributed by atoms with van der Waals surface area (Å²) in [7, 11) is 0. The fourth-order valence-electron chi connectivity index (χ4n) is 3.83. The van der Waals surface area contributed by atoms with Gasteiger partial charge in [-0.2, -0.15) is 5.26 Å². The molecule has 144 valence electrons. The number of nitrogens with zero attached hydrogens (tertiary/aromatic N) is 1. The fraction of sp³-hybridized carbons (Fsp3) is 0.0769. The van der Waals surface area contributed by atoms with Crippen molar-refractivity contribution in [3.05, 3.63) is 94.3 Å². The maximum atomic E-state index is 13.0. The van der Waals surface area contributed by atoms with Crippen LogP contribution >= 0.6 is 0 Å². The predicted octanol–water partition coefficient (Wildman–Crippen LogP) is 6.58. The van der Waals surface area contributed by atoms with E-state index in [1.54, 1.807) is 25.1 Å². The smallest absolute Gasteiger partial charge is 0.194 e. The molecule has 2 heterocycles. The molecule has 0 saturated heterocycles. The first-order valence-corrected chi connectivity index (χ1v) is 9.62. The highest BCUT2D eigenvalue weighted by Gasteiger charge is 2.31. The van der Waals surface area contributed by atoms with Crippen LogP contribution in [0, 0.1) is 18.3 Å². The van der Waals surface area contributed by atoms with Gasteiger partial charge in [-0.15, -0.1) is 0 Å². The second kappa shape index (κ2) is 6.75. The van der Waals surface area contributed by atoms with Crippen molar-refractivity contribution in [1.82, 2.24) is 0 Å². The van der Waals surface area contributed by atoms with Crippen LogP contribution in [0.15, 0.2) is 80.6 Å². The first-order chi connectivity index (χ1) is 14.5. The number of hydrogen-bond donors (Lipinski definition) is 0. The summed E-state index contributed by atoms with van der Waals surface area (Å²) in [6.45, 7) is 3.76. The van der Waals surface area contributed by atoms with Crippen molar-refractivity contribution >= 4 is 28.6 Å². The number of ketones is 1. The zero-order valence-electron chi connectivity index (χ0n) is 16.5. The van der Waals surface area contributed by atoms with Crippen molar-refractivity contribution in [2.45, 2.75) is 13.8 Å². The van der Waals surface area contributed by atoms with E-state index >= 15 is 0 Å². The average Bonchev–Trinajstić information content (AvgIpc) is 3.39. The molecule has 30 heavy (non-hydrogen) atoms. The molecule has 5 rings (SSSR count). The van der Waals surface area contributed by atoms with Crippen LogP contribution < -0.4 is 0 Å². The van der Waals surface area contributed by atoms with Gasteiger partial charge in [0.2, 0.25) is 0 Å². The van der Waals surface area contributed by atoms with Gasteiger partial charge in [0, 0.05) is 40.0 Å². The first-order valence-electron chi connectivity index (χ1n) is 9.62. The van der Waals surface area contributed by atoms with Crippen molar-refractivity contribution in [3.8, 4) is 17.4 Å². The van der Waals surface area contributed by atoms with Gasteiger partial charge in [0.25, 0.3) is 0 Å². The van der Waals surface area contributed by atoms with Crippen LogP contribution in [0.25, 0.3) is 34.1 Å². The van der Waals surface area contributed by atoms with Crippen molar-refractivity contribution in [1.29, 1.82) is 5.26 Å². The summed E-state index contributed by atoms with van der Waals surface area (Å²) in [6.07, 6.45) is 1.69. The molecule has 0 saturated carbocycles. The highest BCUT2D eigenvalue weighted by molar-refractivity contribution is 6.29. The van der Waals surface area contributed by atoms with Gasteiger partial charge in [0.05, 0.1) is 6.07 Å². The molecule has 4 nitrogen and oxygen atoms in total. The number of carbonyl (C=O) groups excluding carboxylic acids is 1. The van der Waals surface area contributed by atoms with Crippen LogP contribution in [-0.4, -0.2) is 5.78 Å². The van der Waals surface area contributed by atoms with Crippen LogP contribution in [0.3, 0.4) is 0 Å². The Kier molecular flexibility index (Phi) is 4.04. The van der Waals surface area contributed by atoms with Crippen LogP contribution in [0.1, 0.15) is 34.2 Å². The Morgan fingerprint density at radius 2 is 1.67 bits per heavy atom. The number of allylic oxidation sites excluding steroid dienone is 3. The van der Waals surface area contributed by atoms with Gasteiger partial charge >= 0.3 is 0 Å². The summed E-state index contributed by atoms with van der Waals surface area (Å²) in [5.41, 5.74) is 6.39. The third-order valence-electron chi connectivity index (χ3n) is 5.35. The summed E-state index contributed by atoms with van der Waals surface area (Å²) in [5, 5.41) is 9.44. The standard InChI is InChI=1S/C26H17NO3/c1-15-7-9-17(10-8-15)22-13-24-23(30-22)12-18(29-24)11-21-25(16(2)14-27)19-5-3-4-6-20(19)26(21)28/h3-13H,1-2H3/b21-11-,25-16-. The van der Waals surface area contributed by atoms with Gasteiger partial charge in [0.1, 0.15) is 11.5 Å². The number of aryl methyl sites for hydroxylation is 1. The van der Waals surface area contributed by atoms with Crippen LogP contribution in [-0.2, 0) is 0 Å². The van der Waals surface area contributed by atoms with Crippen LogP contribution in [0.5, 0.6) is 0 Å². The van der Waals surface area contributed by atoms with Crippen LogP contribution in [0.4, 0.5) is 0 Å². The van der Waals surface area contributed by atoms with E-state index in [0.717, 1.165) is 16.9 Å². The molecule has 2 aromatic carbocycles. The molecule has 0 N–H and O–H groups in total. The Bertz CT molecular complexity index is 1390. The van der Waals surface area contributed by atoms with Gasteiger partial charge in [-0.3, -0.25) is 4.79 Å². The van der Waals surface area contributed by atoms with E-state index in [-0.39, 0.29) is 5.78 Å². The molecular formula is C26H17NO3. The van der Waals surface area contributed by atoms with E-state index in [0.29, 0.717) is 39.2 Å². The highest BCUT2D eigenvalue weighted by atomic mass is 16.4. The summed E-state index contributed by atoms with van der Waals surface area (Å²) < 4.78 is 11.9. The highest BCUT2D eigenvalue weighted by Crippen LogP contribution is 2.40. The molecule has 4 heteroatoms. The zero-order chi connectivity index (χ0) is 20.8. The third-order valence-corrected chi connectivity index (χ3v) is 5.35. The number of Topliss-reactive ketones (excluding diaryl/α,β-unsaturated/α-hetero) is 1. The predicted molar refractivity (Wildman–Crippen MR) is 116 cm³/mol. The largest absolute Gasteiger partial charge is 0.453 e. The second-order valence-electron chi connectivity index (χ2n) is 7.40. The molecule has 2 aromatic heterocycles. The molecule has 0 spiro atoms. The maximum Gasteiger partial charge on any atom is 0.194 e. The van der Waals surface area contributed by atoms with E-state index in [1.165, 1.54) is 5.56 Å². The molecule has 0 atom stereocenters. The molecule has 4 aromatic rings. The van der Waals surface area contributed by atoms with E-state index in [4.69, 9.17) is 8.83 Å². The quantitative estimate of drug-likeness (QED) is 0.286. The number of carbonyl (C=O) groups is 1. The summed E-state index contributed by atoms with van der Waals surface area (Å²) in [5.74, 6) is 1.13. The van der Waals surface area contributed by atoms with E-state index in [2.05, 4.69) is 6.07 Å². The SMILES string of the molecule is C/C(C#N)=C1/C(=C/c2cc3oc(-c4ccc(C)cc4)cc3o2)C(=O)c2ccccc21. The molecule has 0 fully saturated rings. The van der Waals surface area contributed by atoms with Gasteiger partial charge in [-0.1, -0.05) is 54.1 Å². The van der Waals surface area contributed by atoms with Crippen molar-refractivity contribution in [2.24, 2.45) is 0 Å². The molecule has 0 bridgehead atoms. The maximum absolute atomic E-state index is 13.0. The topological polar surface area (TPSA) is 67.1 Å². The van der Waals surface area contributed by atoms with Crippen molar-refractivity contribution in [2.75, 3.05) is 0 Å². The lowest BCUT2D eigenvalue weighted by Gasteiger charge is -2.02. The molecule has 0 radical (unpaired) electrons. The molecule has 0 aliphatic heterocycles. The summed E-state index contributed by atoms with van der Waals surface area (Å²) in [4.78, 5) is 13.0. The van der Waals surface area contributed by atoms with Crippen LogP contribution in [0.2, 0.25) is 0 Å². The Balaban J connectivity index is 1.57. The normalized spacial score (nSPS) is 16.2.